The van der Waals surface area contributed by atoms with Crippen LogP contribution < -0.4 is 14.8 Å². The van der Waals surface area contributed by atoms with Gasteiger partial charge in [0.25, 0.3) is 0 Å². The average Bonchev–Trinajstić information content (AvgIpc) is 3.18. The Morgan fingerprint density at radius 1 is 1.33 bits per heavy atom. The van der Waals surface area contributed by atoms with Crippen LogP contribution in [0.4, 0.5) is 0 Å². The van der Waals surface area contributed by atoms with Crippen LogP contribution in [0.3, 0.4) is 0 Å². The third-order valence-electron chi connectivity index (χ3n) is 5.58. The lowest BCUT2D eigenvalue weighted by Crippen LogP contribution is -2.52. The number of carbonyl (C=O) groups is 1. The van der Waals surface area contributed by atoms with Gasteiger partial charge in [-0.15, -0.1) is 12.4 Å². The lowest BCUT2D eigenvalue weighted by atomic mass is 10.1. The Hall–Kier alpha value is -2.29. The Bertz CT molecular complexity index is 846. The molecule has 2 aromatic rings. The molecule has 0 saturated carbocycles. The number of imidazole rings is 1. The van der Waals surface area contributed by atoms with Gasteiger partial charge in [0.2, 0.25) is 5.91 Å². The first kappa shape index (κ1) is 22.4. The van der Waals surface area contributed by atoms with Crippen LogP contribution in [0.5, 0.6) is 11.5 Å². The van der Waals surface area contributed by atoms with E-state index < -0.39 is 0 Å². The van der Waals surface area contributed by atoms with Crippen molar-refractivity contribution in [3.8, 4) is 11.5 Å². The largest absolute Gasteiger partial charge is 0.486 e. The maximum atomic E-state index is 13.1. The molecule has 2 aliphatic rings. The van der Waals surface area contributed by atoms with Crippen molar-refractivity contribution in [3.63, 3.8) is 0 Å². The molecule has 0 bridgehead atoms. The number of rotatable bonds is 6. The van der Waals surface area contributed by atoms with E-state index in [4.69, 9.17) is 9.47 Å². The van der Waals surface area contributed by atoms with Gasteiger partial charge in [0.05, 0.1) is 19.1 Å². The molecule has 0 radical (unpaired) electrons. The van der Waals surface area contributed by atoms with Crippen LogP contribution in [0.1, 0.15) is 18.8 Å². The fraction of sp³-hybridized carbons (Fsp3) is 0.524. The van der Waals surface area contributed by atoms with E-state index in [0.717, 1.165) is 37.0 Å². The molecular weight excluding hydrogens is 406 g/mol. The molecule has 0 spiro atoms. The molecule has 2 atom stereocenters. The number of ether oxygens (including phenoxy) is 2. The van der Waals surface area contributed by atoms with Crippen molar-refractivity contribution in [1.29, 1.82) is 0 Å². The minimum Gasteiger partial charge on any atom is -0.486 e. The highest BCUT2D eigenvalue weighted by molar-refractivity contribution is 5.85. The number of amides is 1. The summed E-state index contributed by atoms with van der Waals surface area (Å²) in [6.07, 6.45) is 3.59. The molecule has 2 unspecified atom stereocenters. The number of piperazine rings is 1. The molecule has 1 fully saturated rings. The molecule has 1 N–H and O–H groups in total. The zero-order chi connectivity index (χ0) is 20.2. The van der Waals surface area contributed by atoms with Gasteiger partial charge in [-0.05, 0) is 19.1 Å². The van der Waals surface area contributed by atoms with Gasteiger partial charge in [-0.25, -0.2) is 4.98 Å². The van der Waals surface area contributed by atoms with Gasteiger partial charge >= 0.3 is 0 Å². The number of carbonyl (C=O) groups excluding carboxylic acids is 1. The van der Waals surface area contributed by atoms with Crippen molar-refractivity contribution in [1.82, 2.24) is 24.7 Å². The van der Waals surface area contributed by atoms with Crippen molar-refractivity contribution in [2.45, 2.75) is 19.1 Å². The third kappa shape index (κ3) is 4.88. The molecule has 4 rings (SSSR count). The first-order valence-electron chi connectivity index (χ1n) is 10.2. The summed E-state index contributed by atoms with van der Waals surface area (Å²) < 4.78 is 13.9. The fourth-order valence-corrected chi connectivity index (χ4v) is 3.97. The van der Waals surface area contributed by atoms with Crippen LogP contribution in [0, 0.1) is 0 Å². The average molecular weight is 436 g/mol. The van der Waals surface area contributed by atoms with Gasteiger partial charge in [-0.3, -0.25) is 9.69 Å². The van der Waals surface area contributed by atoms with Crippen LogP contribution in [-0.2, 0) is 11.8 Å². The third-order valence-corrected chi connectivity index (χ3v) is 5.58. The molecule has 1 aromatic heterocycles. The first-order valence-corrected chi connectivity index (χ1v) is 10.2. The summed E-state index contributed by atoms with van der Waals surface area (Å²) >= 11 is 0. The maximum absolute atomic E-state index is 13.1. The standard InChI is InChI=1S/C21H29N5O3.ClH/c1-3-25(13-16-15-28-18-6-4-5-7-19(18)29-16)20(27)14-26-11-8-22-12-17(26)21-23-9-10-24(21)2;/h4-7,9-10,16-17,22H,3,8,11-15H2,1-2H3;1H. The molecule has 9 heteroatoms. The van der Waals surface area contributed by atoms with E-state index in [2.05, 4.69) is 15.2 Å². The van der Waals surface area contributed by atoms with Gasteiger partial charge in [-0.2, -0.15) is 0 Å². The number of likely N-dealkylation sites (N-methyl/N-ethyl adjacent to an activating group) is 1. The number of halogens is 1. The van der Waals surface area contributed by atoms with Gasteiger partial charge in [0, 0.05) is 45.6 Å². The summed E-state index contributed by atoms with van der Waals surface area (Å²) in [7, 11) is 1.99. The zero-order valence-corrected chi connectivity index (χ0v) is 18.3. The van der Waals surface area contributed by atoms with E-state index in [9.17, 15) is 4.79 Å². The van der Waals surface area contributed by atoms with Crippen LogP contribution >= 0.6 is 12.4 Å². The number of fused-ring (bicyclic) bond motifs is 1. The summed E-state index contributed by atoms with van der Waals surface area (Å²) in [5, 5.41) is 3.42. The zero-order valence-electron chi connectivity index (χ0n) is 17.5. The monoisotopic (exact) mass is 435 g/mol. The molecule has 0 aliphatic carbocycles. The summed E-state index contributed by atoms with van der Waals surface area (Å²) in [5.41, 5.74) is 0. The van der Waals surface area contributed by atoms with Crippen molar-refractivity contribution < 1.29 is 14.3 Å². The summed E-state index contributed by atoms with van der Waals surface area (Å²) in [4.78, 5) is 21.7. The van der Waals surface area contributed by atoms with Crippen LogP contribution in [0.25, 0.3) is 0 Å². The molecule has 1 aromatic carbocycles. The van der Waals surface area contributed by atoms with Gasteiger partial charge in [-0.1, -0.05) is 12.1 Å². The molecule has 1 amide bonds. The summed E-state index contributed by atoms with van der Waals surface area (Å²) in [6.45, 7) is 6.46. The predicted octanol–water partition coefficient (Wildman–Crippen LogP) is 1.48. The Morgan fingerprint density at radius 3 is 2.87 bits per heavy atom. The van der Waals surface area contributed by atoms with E-state index in [1.807, 2.05) is 53.9 Å². The topological polar surface area (TPSA) is 71.9 Å². The number of aromatic nitrogens is 2. The van der Waals surface area contributed by atoms with E-state index in [1.165, 1.54) is 0 Å². The van der Waals surface area contributed by atoms with Crippen molar-refractivity contribution in [2.24, 2.45) is 7.05 Å². The highest BCUT2D eigenvalue weighted by atomic mass is 35.5. The Kier molecular flexibility index (Phi) is 7.58. The molecule has 1 saturated heterocycles. The second kappa shape index (κ2) is 10.1. The number of nitrogens with one attached hydrogen (secondary N) is 1. The number of nitrogens with zero attached hydrogens (tertiary/aromatic N) is 4. The van der Waals surface area contributed by atoms with Gasteiger partial charge < -0.3 is 24.3 Å². The highest BCUT2D eigenvalue weighted by Gasteiger charge is 2.31. The second-order valence-corrected chi connectivity index (χ2v) is 7.52. The minimum absolute atomic E-state index is 0. The number of para-hydroxylation sites is 2. The smallest absolute Gasteiger partial charge is 0.236 e. The van der Waals surface area contributed by atoms with E-state index in [0.29, 0.717) is 26.2 Å². The van der Waals surface area contributed by atoms with Crippen LogP contribution in [0.15, 0.2) is 36.7 Å². The molecule has 2 aliphatic heterocycles. The number of hydrogen-bond donors (Lipinski definition) is 1. The maximum Gasteiger partial charge on any atom is 0.236 e. The molecule has 164 valence electrons. The molecule has 30 heavy (non-hydrogen) atoms. The van der Waals surface area contributed by atoms with E-state index >= 15 is 0 Å². The quantitative estimate of drug-likeness (QED) is 0.741. The molecule has 8 nitrogen and oxygen atoms in total. The van der Waals surface area contributed by atoms with Crippen molar-refractivity contribution >= 4 is 18.3 Å². The highest BCUT2D eigenvalue weighted by Crippen LogP contribution is 2.31. The lowest BCUT2D eigenvalue weighted by Gasteiger charge is -2.37. The number of hydrogen-bond acceptors (Lipinski definition) is 6. The van der Waals surface area contributed by atoms with Gasteiger partial charge in [0.1, 0.15) is 12.4 Å². The van der Waals surface area contributed by atoms with Crippen LogP contribution in [0.2, 0.25) is 0 Å². The number of aryl methyl sites for hydroxylation is 1. The Labute approximate surface area is 183 Å². The minimum atomic E-state index is -0.165. The fourth-order valence-electron chi connectivity index (χ4n) is 3.97. The molecular formula is C21H30ClN5O3. The Morgan fingerprint density at radius 2 is 2.13 bits per heavy atom. The van der Waals surface area contributed by atoms with Crippen molar-refractivity contribution in [2.75, 3.05) is 45.9 Å². The first-order chi connectivity index (χ1) is 14.2. The predicted molar refractivity (Wildman–Crippen MR) is 116 cm³/mol. The van der Waals surface area contributed by atoms with Gasteiger partial charge in [0.15, 0.2) is 17.6 Å². The lowest BCUT2D eigenvalue weighted by molar-refractivity contribution is -0.134. The Balaban J connectivity index is 0.00000256. The van der Waals surface area contributed by atoms with Crippen molar-refractivity contribution in [3.05, 3.63) is 42.5 Å². The summed E-state index contributed by atoms with van der Waals surface area (Å²) in [6, 6.07) is 7.74. The molecule has 3 heterocycles. The van der Waals surface area contributed by atoms with Crippen LogP contribution in [-0.4, -0.2) is 77.2 Å². The van der Waals surface area contributed by atoms with E-state index in [-0.39, 0.29) is 30.5 Å². The SMILES string of the molecule is CCN(CC1COc2ccccc2O1)C(=O)CN1CCNCC1c1nccn1C.Cl. The summed E-state index contributed by atoms with van der Waals surface area (Å²) in [5.74, 6) is 2.59. The second-order valence-electron chi connectivity index (χ2n) is 7.52. The van der Waals surface area contributed by atoms with E-state index in [1.54, 1.807) is 6.20 Å². The number of benzene rings is 1. The normalized spacial score (nSPS) is 21.0.